The smallest absolute Gasteiger partial charge is 0.224 e. The molecule has 0 bridgehead atoms. The maximum Gasteiger partial charge on any atom is 0.224 e. The summed E-state index contributed by atoms with van der Waals surface area (Å²) in [6.45, 7) is 9.08. The van der Waals surface area contributed by atoms with Gasteiger partial charge >= 0.3 is 0 Å². The maximum absolute atomic E-state index is 4.53. The Kier molecular flexibility index (Phi) is 4.19. The molecule has 0 amide bonds. The van der Waals surface area contributed by atoms with Crippen LogP contribution in [0.25, 0.3) is 5.82 Å². The summed E-state index contributed by atoms with van der Waals surface area (Å²) in [4.78, 5) is 8.78. The third kappa shape index (κ3) is 2.78. The molecule has 0 saturated carbocycles. The lowest BCUT2D eigenvalue weighted by Gasteiger charge is -2.09. The van der Waals surface area contributed by atoms with Gasteiger partial charge in [-0.05, 0) is 48.7 Å². The molecule has 2 heterocycles. The largest absolute Gasteiger partial charge is 0.354 e. The van der Waals surface area contributed by atoms with E-state index in [0.29, 0.717) is 5.95 Å². The summed E-state index contributed by atoms with van der Waals surface area (Å²) in [5.74, 6) is 1.40. The topological polar surface area (TPSA) is 55.6 Å². The number of nitrogens with one attached hydrogen (secondary N) is 1. The highest BCUT2D eigenvalue weighted by Crippen LogP contribution is 2.22. The van der Waals surface area contributed by atoms with Crippen molar-refractivity contribution < 1.29 is 0 Å². The molecule has 0 aliphatic heterocycles. The predicted octanol–water partition coefficient (Wildman–Crippen LogP) is 3.17. The standard InChI is InChI=1S/C13H18BrN5/c1-5-6-15-13-16-7-11(14)12(17-13)19-10(4)8(2)9(3)18-19/h7H,5-6H2,1-4H3,(H,15,16,17). The van der Waals surface area contributed by atoms with Crippen molar-refractivity contribution in [1.29, 1.82) is 0 Å². The third-order valence-corrected chi connectivity index (χ3v) is 3.67. The van der Waals surface area contributed by atoms with Crippen molar-refractivity contribution in [3.8, 4) is 5.82 Å². The average molecular weight is 324 g/mol. The molecule has 5 nitrogen and oxygen atoms in total. The van der Waals surface area contributed by atoms with Gasteiger partial charge in [-0.1, -0.05) is 6.92 Å². The zero-order valence-corrected chi connectivity index (χ0v) is 13.2. The molecule has 0 saturated heterocycles. The van der Waals surface area contributed by atoms with Crippen LogP contribution in [0.4, 0.5) is 5.95 Å². The molecule has 19 heavy (non-hydrogen) atoms. The van der Waals surface area contributed by atoms with Gasteiger partial charge < -0.3 is 5.32 Å². The molecule has 1 N–H and O–H groups in total. The fourth-order valence-corrected chi connectivity index (χ4v) is 2.11. The number of hydrogen-bond donors (Lipinski definition) is 1. The van der Waals surface area contributed by atoms with Crippen LogP contribution >= 0.6 is 15.9 Å². The van der Waals surface area contributed by atoms with Crippen LogP contribution in [0.1, 0.15) is 30.3 Å². The Morgan fingerprint density at radius 1 is 1.32 bits per heavy atom. The van der Waals surface area contributed by atoms with Gasteiger partial charge in [0.25, 0.3) is 0 Å². The van der Waals surface area contributed by atoms with Gasteiger partial charge in [-0.2, -0.15) is 10.1 Å². The van der Waals surface area contributed by atoms with E-state index < -0.39 is 0 Å². The summed E-state index contributed by atoms with van der Waals surface area (Å²) in [7, 11) is 0. The Morgan fingerprint density at radius 2 is 2.05 bits per heavy atom. The first-order valence-corrected chi connectivity index (χ1v) is 7.13. The van der Waals surface area contributed by atoms with Crippen molar-refractivity contribution in [3.63, 3.8) is 0 Å². The van der Waals surface area contributed by atoms with E-state index in [1.807, 2.05) is 18.5 Å². The molecule has 0 atom stereocenters. The summed E-state index contributed by atoms with van der Waals surface area (Å²) >= 11 is 3.49. The van der Waals surface area contributed by atoms with Gasteiger partial charge in [0, 0.05) is 18.4 Å². The molecule has 0 spiro atoms. The summed E-state index contributed by atoms with van der Waals surface area (Å²) in [5.41, 5.74) is 3.30. The molecule has 0 fully saturated rings. The second-order valence-corrected chi connectivity index (χ2v) is 5.35. The normalized spacial score (nSPS) is 10.8. The van der Waals surface area contributed by atoms with Crippen LogP contribution < -0.4 is 5.32 Å². The fraction of sp³-hybridized carbons (Fsp3) is 0.462. The molecule has 2 aromatic heterocycles. The highest BCUT2D eigenvalue weighted by Gasteiger charge is 2.13. The zero-order chi connectivity index (χ0) is 14.0. The van der Waals surface area contributed by atoms with E-state index in [4.69, 9.17) is 0 Å². The molecule has 102 valence electrons. The monoisotopic (exact) mass is 323 g/mol. The van der Waals surface area contributed by atoms with Crippen molar-refractivity contribution in [2.45, 2.75) is 34.1 Å². The van der Waals surface area contributed by atoms with Gasteiger partial charge in [-0.3, -0.25) is 0 Å². The van der Waals surface area contributed by atoms with E-state index in [9.17, 15) is 0 Å². The quantitative estimate of drug-likeness (QED) is 0.938. The lowest BCUT2D eigenvalue weighted by atomic mass is 10.2. The van der Waals surface area contributed by atoms with Crippen LogP contribution in [0.2, 0.25) is 0 Å². The summed E-state index contributed by atoms with van der Waals surface area (Å²) in [5, 5.41) is 7.72. The first-order valence-electron chi connectivity index (χ1n) is 6.34. The van der Waals surface area contributed by atoms with Crippen molar-refractivity contribution in [2.24, 2.45) is 0 Å². The zero-order valence-electron chi connectivity index (χ0n) is 11.7. The number of hydrogen-bond acceptors (Lipinski definition) is 4. The van der Waals surface area contributed by atoms with Crippen LogP contribution in [-0.4, -0.2) is 26.3 Å². The Labute approximate surface area is 121 Å². The molecule has 2 rings (SSSR count). The number of nitrogens with zero attached hydrogens (tertiary/aromatic N) is 4. The highest BCUT2D eigenvalue weighted by atomic mass is 79.9. The van der Waals surface area contributed by atoms with E-state index in [2.05, 4.69) is 50.2 Å². The SMILES string of the molecule is CCCNc1ncc(Br)c(-n2nc(C)c(C)c2C)n1. The highest BCUT2D eigenvalue weighted by molar-refractivity contribution is 9.10. The Morgan fingerprint density at radius 3 is 2.63 bits per heavy atom. The molecule has 0 aromatic carbocycles. The lowest BCUT2D eigenvalue weighted by Crippen LogP contribution is -2.09. The maximum atomic E-state index is 4.53. The van der Waals surface area contributed by atoms with Crippen LogP contribution in [0.5, 0.6) is 0 Å². The van der Waals surface area contributed by atoms with E-state index in [1.54, 1.807) is 6.20 Å². The van der Waals surface area contributed by atoms with Crippen LogP contribution in [0, 0.1) is 20.8 Å². The number of halogens is 1. The Balaban J connectivity index is 2.45. The van der Waals surface area contributed by atoms with E-state index in [-0.39, 0.29) is 0 Å². The van der Waals surface area contributed by atoms with Crippen molar-refractivity contribution in [3.05, 3.63) is 27.6 Å². The third-order valence-electron chi connectivity index (χ3n) is 3.11. The van der Waals surface area contributed by atoms with E-state index in [0.717, 1.165) is 34.6 Å². The first kappa shape index (κ1) is 14.0. The minimum absolute atomic E-state index is 0.630. The van der Waals surface area contributed by atoms with Gasteiger partial charge in [0.1, 0.15) is 0 Å². The summed E-state index contributed by atoms with van der Waals surface area (Å²) in [6.07, 6.45) is 2.79. The van der Waals surface area contributed by atoms with E-state index >= 15 is 0 Å². The van der Waals surface area contributed by atoms with Crippen LogP contribution in [0.3, 0.4) is 0 Å². The van der Waals surface area contributed by atoms with Crippen LogP contribution in [-0.2, 0) is 0 Å². The molecule has 0 aliphatic rings. The lowest BCUT2D eigenvalue weighted by molar-refractivity contribution is 0.794. The van der Waals surface area contributed by atoms with E-state index in [1.165, 1.54) is 5.56 Å². The molecular weight excluding hydrogens is 306 g/mol. The molecule has 2 aromatic rings. The first-order chi connectivity index (χ1) is 9.04. The molecule has 0 aliphatic carbocycles. The average Bonchev–Trinajstić information content (AvgIpc) is 2.65. The van der Waals surface area contributed by atoms with Crippen molar-refractivity contribution >= 4 is 21.9 Å². The minimum Gasteiger partial charge on any atom is -0.354 e. The van der Waals surface area contributed by atoms with Gasteiger partial charge in [0.2, 0.25) is 5.95 Å². The van der Waals surface area contributed by atoms with Gasteiger partial charge in [0.15, 0.2) is 5.82 Å². The second kappa shape index (κ2) is 5.69. The summed E-state index contributed by atoms with van der Waals surface area (Å²) in [6, 6.07) is 0. The van der Waals surface area contributed by atoms with Crippen molar-refractivity contribution in [2.75, 3.05) is 11.9 Å². The minimum atomic E-state index is 0.630. The second-order valence-electron chi connectivity index (χ2n) is 4.50. The van der Waals surface area contributed by atoms with Crippen LogP contribution in [0.15, 0.2) is 10.7 Å². The summed E-state index contributed by atoms with van der Waals surface area (Å²) < 4.78 is 2.69. The molecular formula is C13H18BrN5. The number of aryl methyl sites for hydroxylation is 1. The number of rotatable bonds is 4. The fourth-order valence-electron chi connectivity index (χ4n) is 1.76. The molecule has 6 heteroatoms. The number of aromatic nitrogens is 4. The van der Waals surface area contributed by atoms with Gasteiger partial charge in [-0.25, -0.2) is 9.67 Å². The number of anilines is 1. The Bertz CT molecular complexity index is 591. The van der Waals surface area contributed by atoms with Crippen molar-refractivity contribution in [1.82, 2.24) is 19.7 Å². The molecule has 0 radical (unpaired) electrons. The Hall–Kier alpha value is -1.43. The van der Waals surface area contributed by atoms with Gasteiger partial charge in [0.05, 0.1) is 10.2 Å². The predicted molar refractivity (Wildman–Crippen MR) is 79.8 cm³/mol. The molecule has 0 unspecified atom stereocenters. The van der Waals surface area contributed by atoms with Gasteiger partial charge in [-0.15, -0.1) is 0 Å².